The molecule has 33 heavy (non-hydrogen) atoms. The van der Waals surface area contributed by atoms with Crippen molar-refractivity contribution < 1.29 is 14.8 Å². The van der Waals surface area contributed by atoms with E-state index in [-0.39, 0.29) is 0 Å². The number of anilines is 3. The van der Waals surface area contributed by atoms with Crippen LogP contribution in [0.1, 0.15) is 0 Å². The van der Waals surface area contributed by atoms with Crippen LogP contribution in [0.15, 0.2) is 84.9 Å². The first-order valence-corrected chi connectivity index (χ1v) is 9.57. The summed E-state index contributed by atoms with van der Waals surface area (Å²) in [6.45, 7) is 0. The lowest BCUT2D eigenvalue weighted by molar-refractivity contribution is -0.401. The number of nitro benzene ring substituents is 3. The third-order valence-corrected chi connectivity index (χ3v) is 4.93. The number of non-ortho nitro benzene ring substituents is 1. The van der Waals surface area contributed by atoms with Gasteiger partial charge in [0.05, 0.1) is 38.3 Å². The Bertz CT molecular complexity index is 1350. The molecule has 4 aromatic rings. The molecule has 0 saturated heterocycles. The van der Waals surface area contributed by atoms with Gasteiger partial charge in [0.15, 0.2) is 0 Å². The molecule has 11 nitrogen and oxygen atoms in total. The number of nitrogens with zero attached hydrogens (tertiary/aromatic N) is 4. The van der Waals surface area contributed by atoms with Gasteiger partial charge >= 0.3 is 11.4 Å². The lowest BCUT2D eigenvalue weighted by Gasteiger charge is -2.27. The summed E-state index contributed by atoms with van der Waals surface area (Å²) in [6.07, 6.45) is 0. The molecule has 0 atom stereocenters. The van der Waals surface area contributed by atoms with Crippen molar-refractivity contribution >= 4 is 44.9 Å². The summed E-state index contributed by atoms with van der Waals surface area (Å²) in [7, 11) is 0. The standard InChI is InChI=1S/C22H15N5O6/c28-25(29)17-13-20(26(30)31)22(21(14-17)27(32)33)23-24(16-9-2-1-3-10-16)19-12-6-8-15-7-4-5-11-18(15)19/h1-14,23H. The minimum Gasteiger partial charge on any atom is -0.282 e. The van der Waals surface area contributed by atoms with Gasteiger partial charge in [-0.1, -0.05) is 54.6 Å². The number of nitrogens with one attached hydrogen (secondary N) is 1. The Morgan fingerprint density at radius 3 is 1.85 bits per heavy atom. The summed E-state index contributed by atoms with van der Waals surface area (Å²) in [4.78, 5) is 32.0. The van der Waals surface area contributed by atoms with Crippen molar-refractivity contribution in [2.24, 2.45) is 0 Å². The molecule has 164 valence electrons. The second-order valence-electron chi connectivity index (χ2n) is 6.91. The Balaban J connectivity index is 1.97. The highest BCUT2D eigenvalue weighted by molar-refractivity contribution is 5.97. The van der Waals surface area contributed by atoms with E-state index >= 15 is 0 Å². The van der Waals surface area contributed by atoms with Crippen LogP contribution in [0.5, 0.6) is 0 Å². The van der Waals surface area contributed by atoms with Gasteiger partial charge in [0.1, 0.15) is 0 Å². The van der Waals surface area contributed by atoms with Gasteiger partial charge in [0, 0.05) is 5.39 Å². The van der Waals surface area contributed by atoms with E-state index in [2.05, 4.69) is 5.43 Å². The third-order valence-electron chi connectivity index (χ3n) is 4.93. The Labute approximate surface area is 185 Å². The highest BCUT2D eigenvalue weighted by atomic mass is 16.6. The van der Waals surface area contributed by atoms with Gasteiger partial charge in [-0.3, -0.25) is 40.8 Å². The minimum absolute atomic E-state index is 0.479. The molecule has 0 unspecified atom stereocenters. The highest BCUT2D eigenvalue weighted by Crippen LogP contribution is 2.41. The van der Waals surface area contributed by atoms with Crippen molar-refractivity contribution in [2.75, 3.05) is 10.4 Å². The van der Waals surface area contributed by atoms with Crippen LogP contribution in [-0.4, -0.2) is 14.8 Å². The smallest absolute Gasteiger partial charge is 0.282 e. The molecular weight excluding hydrogens is 430 g/mol. The van der Waals surface area contributed by atoms with Gasteiger partial charge < -0.3 is 0 Å². The first-order chi connectivity index (χ1) is 15.9. The number of fused-ring (bicyclic) bond motifs is 1. The molecule has 0 radical (unpaired) electrons. The molecule has 0 heterocycles. The van der Waals surface area contributed by atoms with E-state index in [9.17, 15) is 30.3 Å². The summed E-state index contributed by atoms with van der Waals surface area (Å²) in [5.74, 6) is 0. The van der Waals surface area contributed by atoms with Crippen molar-refractivity contribution in [3.63, 3.8) is 0 Å². The number of para-hydroxylation sites is 1. The summed E-state index contributed by atoms with van der Waals surface area (Å²) in [6, 6.07) is 22.9. The first-order valence-electron chi connectivity index (χ1n) is 9.57. The highest BCUT2D eigenvalue weighted by Gasteiger charge is 2.32. The van der Waals surface area contributed by atoms with Crippen LogP contribution in [-0.2, 0) is 0 Å². The number of nitro groups is 3. The first kappa shape index (κ1) is 21.2. The molecule has 0 spiro atoms. The quantitative estimate of drug-likeness (QED) is 0.280. The lowest BCUT2D eigenvalue weighted by atomic mass is 10.1. The molecule has 0 bridgehead atoms. The normalized spacial score (nSPS) is 10.5. The monoisotopic (exact) mass is 445 g/mol. The lowest BCUT2D eigenvalue weighted by Crippen LogP contribution is -2.26. The van der Waals surface area contributed by atoms with Gasteiger partial charge in [-0.2, -0.15) is 0 Å². The van der Waals surface area contributed by atoms with Crippen molar-refractivity contribution in [2.45, 2.75) is 0 Å². The van der Waals surface area contributed by atoms with Gasteiger partial charge in [-0.25, -0.2) is 0 Å². The Hall–Kier alpha value is -5.06. The van der Waals surface area contributed by atoms with Crippen LogP contribution in [0, 0.1) is 30.3 Å². The fourth-order valence-corrected chi connectivity index (χ4v) is 3.46. The predicted molar refractivity (Wildman–Crippen MR) is 123 cm³/mol. The maximum Gasteiger partial charge on any atom is 0.308 e. The Morgan fingerprint density at radius 1 is 0.667 bits per heavy atom. The number of hydrazine groups is 1. The molecule has 0 aromatic heterocycles. The zero-order chi connectivity index (χ0) is 23.5. The number of benzene rings is 4. The topological polar surface area (TPSA) is 145 Å². The average molecular weight is 445 g/mol. The van der Waals surface area contributed by atoms with Crippen LogP contribution in [0.4, 0.5) is 34.1 Å². The van der Waals surface area contributed by atoms with Crippen LogP contribution < -0.4 is 10.4 Å². The van der Waals surface area contributed by atoms with E-state index < -0.39 is 37.5 Å². The summed E-state index contributed by atoms with van der Waals surface area (Å²) in [5.41, 5.74) is 1.08. The van der Waals surface area contributed by atoms with Crippen LogP contribution >= 0.6 is 0 Å². The van der Waals surface area contributed by atoms with E-state index in [0.717, 1.165) is 10.8 Å². The second kappa shape index (κ2) is 8.59. The molecule has 4 aromatic carbocycles. The van der Waals surface area contributed by atoms with Crippen molar-refractivity contribution in [3.05, 3.63) is 115 Å². The number of rotatable bonds is 7. The van der Waals surface area contributed by atoms with Crippen LogP contribution in [0.2, 0.25) is 0 Å². The largest absolute Gasteiger partial charge is 0.308 e. The molecule has 11 heteroatoms. The Kier molecular flexibility index (Phi) is 5.51. The maximum absolute atomic E-state index is 11.7. The SMILES string of the molecule is O=[N+]([O-])c1cc([N+](=O)[O-])c(NN(c2ccccc2)c2cccc3ccccc23)c([N+](=O)[O-])c1. The molecule has 0 aliphatic carbocycles. The second-order valence-corrected chi connectivity index (χ2v) is 6.91. The Morgan fingerprint density at radius 2 is 1.24 bits per heavy atom. The molecule has 0 aliphatic rings. The number of hydrogen-bond acceptors (Lipinski definition) is 8. The van der Waals surface area contributed by atoms with Crippen LogP contribution in [0.3, 0.4) is 0 Å². The zero-order valence-corrected chi connectivity index (χ0v) is 16.8. The fraction of sp³-hybridized carbons (Fsp3) is 0. The molecule has 0 fully saturated rings. The summed E-state index contributed by atoms with van der Waals surface area (Å²) >= 11 is 0. The molecular formula is C22H15N5O6. The minimum atomic E-state index is -0.913. The van der Waals surface area contributed by atoms with Gasteiger partial charge in [-0.05, 0) is 23.6 Å². The van der Waals surface area contributed by atoms with E-state index in [4.69, 9.17) is 0 Å². The molecule has 4 rings (SSSR count). The van der Waals surface area contributed by atoms with Gasteiger partial charge in [0.2, 0.25) is 5.69 Å². The van der Waals surface area contributed by atoms with Crippen molar-refractivity contribution in [1.82, 2.24) is 0 Å². The molecule has 0 amide bonds. The van der Waals surface area contributed by atoms with E-state index in [1.165, 1.54) is 5.01 Å². The van der Waals surface area contributed by atoms with Crippen LogP contribution in [0.25, 0.3) is 10.8 Å². The molecule has 0 saturated carbocycles. The third kappa shape index (κ3) is 4.10. The van der Waals surface area contributed by atoms with Gasteiger partial charge in [0.25, 0.3) is 5.69 Å². The number of hydrogen-bond donors (Lipinski definition) is 1. The van der Waals surface area contributed by atoms with E-state index in [1.54, 1.807) is 42.5 Å². The van der Waals surface area contributed by atoms with E-state index in [1.807, 2.05) is 30.3 Å². The fourth-order valence-electron chi connectivity index (χ4n) is 3.46. The summed E-state index contributed by atoms with van der Waals surface area (Å²) < 4.78 is 0. The zero-order valence-electron chi connectivity index (χ0n) is 16.8. The van der Waals surface area contributed by atoms with Crippen molar-refractivity contribution in [3.8, 4) is 0 Å². The van der Waals surface area contributed by atoms with Crippen molar-refractivity contribution in [1.29, 1.82) is 0 Å². The van der Waals surface area contributed by atoms with Gasteiger partial charge in [-0.15, -0.1) is 0 Å². The van der Waals surface area contributed by atoms with E-state index in [0.29, 0.717) is 23.5 Å². The molecule has 0 aliphatic heterocycles. The molecule has 1 N–H and O–H groups in total. The summed E-state index contributed by atoms with van der Waals surface area (Å²) in [5, 5.41) is 37.8. The maximum atomic E-state index is 11.7. The average Bonchev–Trinajstić information content (AvgIpc) is 2.82. The predicted octanol–water partition coefficient (Wildman–Crippen LogP) is 5.73.